The Morgan fingerprint density at radius 2 is 1.95 bits per heavy atom. The number of ether oxygens (including phenoxy) is 1. The number of amides is 1. The Balaban J connectivity index is 1.86. The van der Waals surface area contributed by atoms with E-state index in [0.29, 0.717) is 5.92 Å². The minimum absolute atomic E-state index is 0.0986. The summed E-state index contributed by atoms with van der Waals surface area (Å²) in [6.07, 6.45) is 2.33. The lowest BCUT2D eigenvalue weighted by atomic mass is 9.87. The summed E-state index contributed by atoms with van der Waals surface area (Å²) in [4.78, 5) is 14.1. The van der Waals surface area contributed by atoms with Crippen molar-refractivity contribution in [3.8, 4) is 5.75 Å². The number of hydrogen-bond acceptors (Lipinski definition) is 2. The maximum Gasteiger partial charge on any atom is 0.260 e. The SMILES string of the molecule is CC1CCCN(C(=O)COc2ccc(C(C)(C)C)cc2)C1. The third-order valence-electron chi connectivity index (χ3n) is 4.09. The molecule has 1 unspecified atom stereocenters. The Bertz CT molecular complexity index is 473. The summed E-state index contributed by atoms with van der Waals surface area (Å²) in [5.41, 5.74) is 1.41. The third-order valence-corrected chi connectivity index (χ3v) is 4.09. The molecule has 0 aliphatic carbocycles. The maximum absolute atomic E-state index is 12.1. The molecule has 0 radical (unpaired) electrons. The first-order valence-corrected chi connectivity index (χ1v) is 7.87. The molecule has 0 N–H and O–H groups in total. The van der Waals surface area contributed by atoms with Gasteiger partial charge in [0.15, 0.2) is 6.61 Å². The van der Waals surface area contributed by atoms with Gasteiger partial charge >= 0.3 is 0 Å². The number of nitrogens with zero attached hydrogens (tertiary/aromatic N) is 1. The lowest BCUT2D eigenvalue weighted by molar-refractivity contribution is -0.135. The van der Waals surface area contributed by atoms with E-state index in [0.717, 1.165) is 25.3 Å². The first-order valence-electron chi connectivity index (χ1n) is 7.87. The van der Waals surface area contributed by atoms with Gasteiger partial charge in [0.05, 0.1) is 0 Å². The van der Waals surface area contributed by atoms with Crippen LogP contribution in [0, 0.1) is 5.92 Å². The van der Waals surface area contributed by atoms with Crippen LogP contribution in [-0.4, -0.2) is 30.5 Å². The summed E-state index contributed by atoms with van der Waals surface area (Å²) >= 11 is 0. The number of hydrogen-bond donors (Lipinski definition) is 0. The summed E-state index contributed by atoms with van der Waals surface area (Å²) in [6, 6.07) is 8.05. The molecule has 21 heavy (non-hydrogen) atoms. The Kier molecular flexibility index (Phi) is 4.92. The summed E-state index contributed by atoms with van der Waals surface area (Å²) < 4.78 is 5.63. The third kappa shape index (κ3) is 4.48. The van der Waals surface area contributed by atoms with Crippen LogP contribution in [0.15, 0.2) is 24.3 Å². The van der Waals surface area contributed by atoms with Crippen LogP contribution in [0.2, 0.25) is 0 Å². The molecule has 3 heteroatoms. The zero-order valence-corrected chi connectivity index (χ0v) is 13.7. The second-order valence-electron chi connectivity index (χ2n) is 7.15. The molecule has 1 fully saturated rings. The van der Waals surface area contributed by atoms with E-state index < -0.39 is 0 Å². The molecule has 1 aromatic rings. The van der Waals surface area contributed by atoms with Gasteiger partial charge in [0.25, 0.3) is 5.91 Å². The van der Waals surface area contributed by atoms with Crippen molar-refractivity contribution in [3.05, 3.63) is 29.8 Å². The first kappa shape index (κ1) is 15.9. The van der Waals surface area contributed by atoms with Crippen molar-refractivity contribution in [2.75, 3.05) is 19.7 Å². The predicted molar refractivity (Wildman–Crippen MR) is 85.6 cm³/mol. The van der Waals surface area contributed by atoms with Gasteiger partial charge < -0.3 is 9.64 Å². The molecule has 1 aliphatic heterocycles. The lowest BCUT2D eigenvalue weighted by Gasteiger charge is -2.30. The molecule has 0 spiro atoms. The van der Waals surface area contributed by atoms with E-state index in [2.05, 4.69) is 39.8 Å². The highest BCUT2D eigenvalue weighted by Gasteiger charge is 2.21. The van der Waals surface area contributed by atoms with Gasteiger partial charge in [-0.2, -0.15) is 0 Å². The van der Waals surface area contributed by atoms with Gasteiger partial charge in [-0.3, -0.25) is 4.79 Å². The molecular formula is C18H27NO2. The van der Waals surface area contributed by atoms with Crippen molar-refractivity contribution in [2.45, 2.75) is 46.0 Å². The largest absolute Gasteiger partial charge is 0.484 e. The van der Waals surface area contributed by atoms with Crippen LogP contribution in [0.1, 0.15) is 46.1 Å². The molecular weight excluding hydrogens is 262 g/mol. The van der Waals surface area contributed by atoms with E-state index in [4.69, 9.17) is 4.74 Å². The van der Waals surface area contributed by atoms with Crippen molar-refractivity contribution in [1.29, 1.82) is 0 Å². The average molecular weight is 289 g/mol. The van der Waals surface area contributed by atoms with E-state index in [-0.39, 0.29) is 17.9 Å². The molecule has 2 rings (SSSR count). The van der Waals surface area contributed by atoms with Crippen LogP contribution in [0.3, 0.4) is 0 Å². The van der Waals surface area contributed by atoms with Crippen molar-refractivity contribution in [2.24, 2.45) is 5.92 Å². The zero-order chi connectivity index (χ0) is 15.5. The smallest absolute Gasteiger partial charge is 0.260 e. The summed E-state index contributed by atoms with van der Waals surface area (Å²) in [5.74, 6) is 1.47. The fourth-order valence-corrected chi connectivity index (χ4v) is 2.70. The van der Waals surface area contributed by atoms with Crippen LogP contribution in [0.5, 0.6) is 5.75 Å². The Morgan fingerprint density at radius 1 is 1.29 bits per heavy atom. The van der Waals surface area contributed by atoms with E-state index in [1.807, 2.05) is 17.0 Å². The number of rotatable bonds is 3. The van der Waals surface area contributed by atoms with E-state index in [1.54, 1.807) is 0 Å². The molecule has 1 saturated heterocycles. The van der Waals surface area contributed by atoms with E-state index >= 15 is 0 Å². The number of benzene rings is 1. The molecule has 1 aromatic carbocycles. The monoisotopic (exact) mass is 289 g/mol. The number of likely N-dealkylation sites (tertiary alicyclic amines) is 1. The molecule has 0 aromatic heterocycles. The minimum atomic E-state index is 0.0986. The van der Waals surface area contributed by atoms with Crippen molar-refractivity contribution >= 4 is 5.91 Å². The second-order valence-corrected chi connectivity index (χ2v) is 7.15. The van der Waals surface area contributed by atoms with Crippen LogP contribution < -0.4 is 4.74 Å². The molecule has 0 bridgehead atoms. The molecule has 0 saturated carbocycles. The molecule has 3 nitrogen and oxygen atoms in total. The van der Waals surface area contributed by atoms with Gasteiger partial charge in [0.2, 0.25) is 0 Å². The number of carbonyl (C=O) groups excluding carboxylic acids is 1. The van der Waals surface area contributed by atoms with Gasteiger partial charge in [-0.25, -0.2) is 0 Å². The Hall–Kier alpha value is -1.51. The lowest BCUT2D eigenvalue weighted by Crippen LogP contribution is -2.41. The van der Waals surface area contributed by atoms with Gasteiger partial charge in [-0.1, -0.05) is 39.8 Å². The normalized spacial score (nSPS) is 19.4. The van der Waals surface area contributed by atoms with Crippen LogP contribution in [0.25, 0.3) is 0 Å². The van der Waals surface area contributed by atoms with Gasteiger partial charge in [-0.15, -0.1) is 0 Å². The number of piperidine rings is 1. The highest BCUT2D eigenvalue weighted by atomic mass is 16.5. The maximum atomic E-state index is 12.1. The van der Waals surface area contributed by atoms with Crippen LogP contribution >= 0.6 is 0 Å². The summed E-state index contributed by atoms with van der Waals surface area (Å²) in [5, 5.41) is 0. The quantitative estimate of drug-likeness (QED) is 0.850. The second kappa shape index (κ2) is 6.50. The topological polar surface area (TPSA) is 29.5 Å². The van der Waals surface area contributed by atoms with Crippen molar-refractivity contribution < 1.29 is 9.53 Å². The minimum Gasteiger partial charge on any atom is -0.484 e. The standard InChI is InChI=1S/C18H27NO2/c1-14-6-5-11-19(12-14)17(20)13-21-16-9-7-15(8-10-16)18(2,3)4/h7-10,14H,5-6,11-13H2,1-4H3. The van der Waals surface area contributed by atoms with Gasteiger partial charge in [0, 0.05) is 13.1 Å². The Morgan fingerprint density at radius 3 is 2.52 bits per heavy atom. The Labute approximate surface area is 128 Å². The summed E-state index contributed by atoms with van der Waals surface area (Å²) in [6.45, 7) is 10.6. The average Bonchev–Trinajstić information content (AvgIpc) is 2.44. The molecule has 116 valence electrons. The first-order chi connectivity index (χ1) is 9.86. The molecule has 1 amide bonds. The zero-order valence-electron chi connectivity index (χ0n) is 13.7. The highest BCUT2D eigenvalue weighted by molar-refractivity contribution is 5.77. The molecule has 1 heterocycles. The summed E-state index contributed by atoms with van der Waals surface area (Å²) in [7, 11) is 0. The van der Waals surface area contributed by atoms with Crippen LogP contribution in [-0.2, 0) is 10.2 Å². The molecule has 1 aliphatic rings. The fourth-order valence-electron chi connectivity index (χ4n) is 2.70. The van der Waals surface area contributed by atoms with E-state index in [9.17, 15) is 4.79 Å². The van der Waals surface area contributed by atoms with Gasteiger partial charge in [-0.05, 0) is 41.9 Å². The number of carbonyl (C=O) groups is 1. The van der Waals surface area contributed by atoms with Crippen LogP contribution in [0.4, 0.5) is 0 Å². The van der Waals surface area contributed by atoms with E-state index in [1.165, 1.54) is 12.0 Å². The van der Waals surface area contributed by atoms with Crippen molar-refractivity contribution in [1.82, 2.24) is 4.90 Å². The fraction of sp³-hybridized carbons (Fsp3) is 0.611. The molecule has 1 atom stereocenters. The van der Waals surface area contributed by atoms with Crippen molar-refractivity contribution in [3.63, 3.8) is 0 Å². The predicted octanol–water partition coefficient (Wildman–Crippen LogP) is 3.62. The van der Waals surface area contributed by atoms with Gasteiger partial charge in [0.1, 0.15) is 5.75 Å². The highest BCUT2D eigenvalue weighted by Crippen LogP contribution is 2.24.